The third-order valence-electron chi connectivity index (χ3n) is 2.71. The minimum absolute atomic E-state index is 0.0479. The maximum Gasteiger partial charge on any atom is 0.397 e. The van der Waals surface area contributed by atoms with Gasteiger partial charge in [0.25, 0.3) is 0 Å². The fraction of sp³-hybridized carbons (Fsp3) is 0.286. The Morgan fingerprint density at radius 1 is 1.08 bits per heavy atom. The average molecular weight is 340 g/mol. The number of nitrogens with zero attached hydrogens (tertiary/aromatic N) is 3. The number of amides is 1. The van der Waals surface area contributed by atoms with Crippen LogP contribution in [-0.4, -0.2) is 40.4 Å². The summed E-state index contributed by atoms with van der Waals surface area (Å²) in [6.07, 6.45) is -2.70. The molecule has 0 saturated heterocycles. The van der Waals surface area contributed by atoms with Crippen LogP contribution < -0.4 is 16.0 Å². The molecule has 0 atom stereocenters. The van der Waals surface area contributed by atoms with Crippen LogP contribution >= 0.6 is 0 Å². The lowest BCUT2D eigenvalue weighted by Gasteiger charge is -2.09. The molecule has 0 bridgehead atoms. The molecule has 128 valence electrons. The first-order valence-electron chi connectivity index (χ1n) is 7.00. The molecule has 0 saturated carbocycles. The molecule has 0 radical (unpaired) electrons. The van der Waals surface area contributed by atoms with Crippen LogP contribution in [0.5, 0.6) is 0 Å². The minimum atomic E-state index is -4.50. The van der Waals surface area contributed by atoms with Crippen molar-refractivity contribution in [3.8, 4) is 0 Å². The van der Waals surface area contributed by atoms with Gasteiger partial charge in [0, 0.05) is 19.3 Å². The topological polar surface area (TPSA) is 91.8 Å². The molecule has 0 fully saturated rings. The SMILES string of the molecule is O=C(CC(F)(F)F)NCCNc1ccc(Nc2cccnc2)nn1. The number of pyridine rings is 1. The highest BCUT2D eigenvalue weighted by atomic mass is 19.4. The van der Waals surface area contributed by atoms with E-state index >= 15 is 0 Å². The fourth-order valence-electron chi connectivity index (χ4n) is 1.71. The van der Waals surface area contributed by atoms with E-state index in [0.717, 1.165) is 5.69 Å². The van der Waals surface area contributed by atoms with Crippen LogP contribution in [0.25, 0.3) is 0 Å². The van der Waals surface area contributed by atoms with Crippen molar-refractivity contribution < 1.29 is 18.0 Å². The molecule has 0 aliphatic heterocycles. The van der Waals surface area contributed by atoms with Gasteiger partial charge < -0.3 is 16.0 Å². The van der Waals surface area contributed by atoms with Crippen molar-refractivity contribution in [1.29, 1.82) is 0 Å². The second kappa shape index (κ2) is 8.09. The quantitative estimate of drug-likeness (QED) is 0.669. The van der Waals surface area contributed by atoms with Gasteiger partial charge in [-0.15, -0.1) is 10.2 Å². The summed E-state index contributed by atoms with van der Waals surface area (Å²) in [6, 6.07) is 6.94. The first-order valence-corrected chi connectivity index (χ1v) is 7.00. The van der Waals surface area contributed by atoms with Crippen molar-refractivity contribution in [3.05, 3.63) is 36.7 Å². The third kappa shape index (κ3) is 6.46. The molecular formula is C14H15F3N6O. The van der Waals surface area contributed by atoms with Gasteiger partial charge in [0.1, 0.15) is 12.2 Å². The average Bonchev–Trinajstić information content (AvgIpc) is 2.52. The normalized spacial score (nSPS) is 11.0. The summed E-state index contributed by atoms with van der Waals surface area (Å²) in [7, 11) is 0. The molecule has 0 aromatic carbocycles. The number of aromatic nitrogens is 3. The lowest BCUT2D eigenvalue weighted by Crippen LogP contribution is -2.32. The van der Waals surface area contributed by atoms with E-state index in [9.17, 15) is 18.0 Å². The molecule has 0 aliphatic carbocycles. The zero-order chi connectivity index (χ0) is 17.4. The Labute approximate surface area is 135 Å². The molecule has 7 nitrogen and oxygen atoms in total. The number of hydrogen-bond acceptors (Lipinski definition) is 6. The van der Waals surface area contributed by atoms with Gasteiger partial charge in [-0.25, -0.2) is 0 Å². The Morgan fingerprint density at radius 2 is 1.83 bits per heavy atom. The summed E-state index contributed by atoms with van der Waals surface area (Å²) in [4.78, 5) is 14.9. The van der Waals surface area contributed by atoms with Gasteiger partial charge in [0.2, 0.25) is 5.91 Å². The first-order chi connectivity index (χ1) is 11.4. The molecule has 24 heavy (non-hydrogen) atoms. The van der Waals surface area contributed by atoms with E-state index in [-0.39, 0.29) is 13.1 Å². The lowest BCUT2D eigenvalue weighted by molar-refractivity contribution is -0.153. The van der Waals surface area contributed by atoms with E-state index in [0.29, 0.717) is 11.6 Å². The number of nitrogens with one attached hydrogen (secondary N) is 3. The summed E-state index contributed by atoms with van der Waals surface area (Å²) in [5.41, 5.74) is 0.764. The predicted molar refractivity (Wildman–Crippen MR) is 81.7 cm³/mol. The van der Waals surface area contributed by atoms with Crippen molar-refractivity contribution in [2.75, 3.05) is 23.7 Å². The van der Waals surface area contributed by atoms with E-state index in [1.54, 1.807) is 30.6 Å². The van der Waals surface area contributed by atoms with Gasteiger partial charge in [0.15, 0.2) is 5.82 Å². The largest absolute Gasteiger partial charge is 0.397 e. The maximum absolute atomic E-state index is 12.0. The van der Waals surface area contributed by atoms with Gasteiger partial charge in [0.05, 0.1) is 11.9 Å². The number of carbonyl (C=O) groups excluding carboxylic acids is 1. The molecule has 1 amide bonds. The highest BCUT2D eigenvalue weighted by molar-refractivity contribution is 5.76. The standard InChI is InChI=1S/C14H15F3N6O/c15-14(16,17)8-13(24)20-7-6-19-11-3-4-12(23-22-11)21-10-2-1-5-18-9-10/h1-5,9H,6-8H2,(H,19,22)(H,20,24)(H,21,23). The number of halogens is 3. The van der Waals surface area contributed by atoms with Crippen LogP contribution in [0.4, 0.5) is 30.5 Å². The van der Waals surface area contributed by atoms with Crippen LogP contribution in [0, 0.1) is 0 Å². The number of carbonyl (C=O) groups is 1. The molecule has 0 spiro atoms. The van der Waals surface area contributed by atoms with Gasteiger partial charge in [-0.3, -0.25) is 9.78 Å². The van der Waals surface area contributed by atoms with Gasteiger partial charge in [-0.1, -0.05) is 0 Å². The second-order valence-electron chi connectivity index (χ2n) is 4.74. The van der Waals surface area contributed by atoms with Crippen molar-refractivity contribution >= 4 is 23.2 Å². The van der Waals surface area contributed by atoms with Crippen molar-refractivity contribution in [2.24, 2.45) is 0 Å². The molecule has 0 aliphatic rings. The van der Waals surface area contributed by atoms with E-state index in [1.807, 2.05) is 6.07 Å². The van der Waals surface area contributed by atoms with Crippen molar-refractivity contribution in [1.82, 2.24) is 20.5 Å². The Kier molecular flexibility index (Phi) is 5.88. The van der Waals surface area contributed by atoms with Crippen LogP contribution in [0.1, 0.15) is 6.42 Å². The Bertz CT molecular complexity index is 648. The van der Waals surface area contributed by atoms with Crippen molar-refractivity contribution in [3.63, 3.8) is 0 Å². The number of anilines is 3. The van der Waals surface area contributed by atoms with Crippen LogP contribution in [-0.2, 0) is 4.79 Å². The van der Waals surface area contributed by atoms with Gasteiger partial charge in [-0.2, -0.15) is 13.2 Å². The zero-order valence-corrected chi connectivity index (χ0v) is 12.5. The van der Waals surface area contributed by atoms with E-state index in [4.69, 9.17) is 0 Å². The summed E-state index contributed by atoms with van der Waals surface area (Å²) in [5.74, 6) is -0.102. The van der Waals surface area contributed by atoms with Crippen LogP contribution in [0.3, 0.4) is 0 Å². The zero-order valence-electron chi connectivity index (χ0n) is 12.5. The van der Waals surface area contributed by atoms with Crippen molar-refractivity contribution in [2.45, 2.75) is 12.6 Å². The molecule has 2 aromatic rings. The fourth-order valence-corrected chi connectivity index (χ4v) is 1.71. The maximum atomic E-state index is 12.0. The Hall–Kier alpha value is -2.91. The Balaban J connectivity index is 1.71. The van der Waals surface area contributed by atoms with Crippen LogP contribution in [0.2, 0.25) is 0 Å². The third-order valence-corrected chi connectivity index (χ3v) is 2.71. The Morgan fingerprint density at radius 3 is 2.46 bits per heavy atom. The number of hydrogen-bond donors (Lipinski definition) is 3. The van der Waals surface area contributed by atoms with Crippen LogP contribution in [0.15, 0.2) is 36.7 Å². The summed E-state index contributed by atoms with van der Waals surface area (Å²) >= 11 is 0. The van der Waals surface area contributed by atoms with E-state index in [2.05, 4.69) is 31.1 Å². The second-order valence-corrected chi connectivity index (χ2v) is 4.74. The predicted octanol–water partition coefficient (Wildman–Crippen LogP) is 2.10. The lowest BCUT2D eigenvalue weighted by atomic mass is 10.4. The molecule has 2 heterocycles. The van der Waals surface area contributed by atoms with E-state index in [1.165, 1.54) is 0 Å². The summed E-state index contributed by atoms with van der Waals surface area (Å²) < 4.78 is 35.9. The molecular weight excluding hydrogens is 325 g/mol. The molecule has 10 heteroatoms. The molecule has 2 aromatic heterocycles. The molecule has 2 rings (SSSR count). The summed E-state index contributed by atoms with van der Waals surface area (Å²) in [5, 5.41) is 15.9. The van der Waals surface area contributed by atoms with Gasteiger partial charge in [-0.05, 0) is 24.3 Å². The first kappa shape index (κ1) is 17.4. The molecule has 0 unspecified atom stereocenters. The van der Waals surface area contributed by atoms with E-state index < -0.39 is 18.5 Å². The minimum Gasteiger partial charge on any atom is -0.367 e. The number of alkyl halides is 3. The molecule has 3 N–H and O–H groups in total. The smallest absolute Gasteiger partial charge is 0.367 e. The van der Waals surface area contributed by atoms with Gasteiger partial charge >= 0.3 is 6.18 Å². The monoisotopic (exact) mass is 340 g/mol. The highest BCUT2D eigenvalue weighted by Crippen LogP contribution is 2.18. The number of rotatable bonds is 7. The highest BCUT2D eigenvalue weighted by Gasteiger charge is 2.30. The summed E-state index contributed by atoms with van der Waals surface area (Å²) in [6.45, 7) is 0.278.